The highest BCUT2D eigenvalue weighted by Gasteiger charge is 2.13. The fourth-order valence-corrected chi connectivity index (χ4v) is 9.70. The number of carbonyl (C=O) groups excluding carboxylic acids is 3. The van der Waals surface area contributed by atoms with Gasteiger partial charge in [-0.3, -0.25) is 19.2 Å². The maximum absolute atomic E-state index is 12.2. The summed E-state index contributed by atoms with van der Waals surface area (Å²) in [7, 11) is 3.57. The molecule has 0 aliphatic carbocycles. The minimum absolute atomic E-state index is 0.0143. The zero-order valence-corrected chi connectivity index (χ0v) is 47.1. The smallest absolute Gasteiger partial charge is 0.307 e. The van der Waals surface area contributed by atoms with Crippen LogP contribution in [0.3, 0.4) is 0 Å². The molecule has 410 valence electrons. The minimum atomic E-state index is -0.250. The Labute approximate surface area is 435 Å². The zero-order valence-electron chi connectivity index (χ0n) is 45.4. The summed E-state index contributed by atoms with van der Waals surface area (Å²) in [6.45, 7) is 21.1. The molecule has 0 radical (unpaired) electrons. The molecule has 12 nitrogen and oxygen atoms in total. The average Bonchev–Trinajstić information content (AvgIpc) is 3.60. The largest absolute Gasteiger partial charge is 0.483 e. The Kier molecular flexibility index (Phi) is 50.2. The number of allylic oxidation sites excluding steroid dienone is 4. The van der Waals surface area contributed by atoms with Crippen LogP contribution >= 0.6 is 21.6 Å². The lowest BCUT2D eigenvalue weighted by Gasteiger charge is -2.19. The Morgan fingerprint density at radius 3 is 1.57 bits per heavy atom. The van der Waals surface area contributed by atoms with E-state index >= 15 is 0 Å². The average molecular weight is 1030 g/mol. The number of esters is 3. The molecule has 1 fully saturated rings. The van der Waals surface area contributed by atoms with Crippen molar-refractivity contribution in [3.63, 3.8) is 0 Å². The monoisotopic (exact) mass is 1030 g/mol. The summed E-state index contributed by atoms with van der Waals surface area (Å²) in [5.74, 6) is 2.74. The molecule has 2 N–H and O–H groups in total. The first-order valence-electron chi connectivity index (χ1n) is 27.6. The molecule has 1 aliphatic rings. The molecule has 0 saturated carbocycles. The van der Waals surface area contributed by atoms with Gasteiger partial charge in [-0.2, -0.15) is 0 Å². The molecule has 3 unspecified atom stereocenters. The van der Waals surface area contributed by atoms with E-state index in [1.54, 1.807) is 10.8 Å². The Morgan fingerprint density at radius 1 is 0.586 bits per heavy atom. The summed E-state index contributed by atoms with van der Waals surface area (Å²) in [6, 6.07) is 0. The standard InChI is InChI=1S/C55H102N2O8S2.CH2O2/c1-48(2)26-24-28-50(5)33-41-63-53(58)30-18-12-8-7-10-16-22-39-61-47-52(46-56-35-44-66-67-45-43-65-55(60)32-38-57-36-20-14-15-21-37-57)62-40-23-17-11-9-13-19-31-54(59)64-42-34-51(6)29-25-27-49(3)4;2-1-3/h26-27,50-52,56H,7-25,28-47H2,1-6H3;1H,(H,2,3). The van der Waals surface area contributed by atoms with Crippen molar-refractivity contribution in [2.45, 2.75) is 215 Å². The predicted molar refractivity (Wildman–Crippen MR) is 294 cm³/mol. The molecule has 14 heteroatoms. The highest BCUT2D eigenvalue weighted by Crippen LogP contribution is 2.20. The van der Waals surface area contributed by atoms with Crippen LogP contribution in [0.15, 0.2) is 23.3 Å². The second-order valence-electron chi connectivity index (χ2n) is 19.8. The summed E-state index contributed by atoms with van der Waals surface area (Å²) in [4.78, 5) is 47.3. The van der Waals surface area contributed by atoms with Gasteiger partial charge in [-0.1, -0.05) is 129 Å². The van der Waals surface area contributed by atoms with E-state index in [9.17, 15) is 14.4 Å². The maximum Gasteiger partial charge on any atom is 0.307 e. The second kappa shape index (κ2) is 51.8. The maximum atomic E-state index is 12.2. The van der Waals surface area contributed by atoms with Gasteiger partial charge in [0, 0.05) is 57.2 Å². The molecule has 0 aromatic heterocycles. The molecule has 70 heavy (non-hydrogen) atoms. The van der Waals surface area contributed by atoms with Gasteiger partial charge >= 0.3 is 17.9 Å². The third-order valence-corrected chi connectivity index (χ3v) is 14.7. The van der Waals surface area contributed by atoms with Crippen molar-refractivity contribution >= 4 is 46.0 Å². The van der Waals surface area contributed by atoms with E-state index in [0.29, 0.717) is 57.5 Å². The van der Waals surface area contributed by atoms with Crippen molar-refractivity contribution in [3.05, 3.63) is 23.3 Å². The number of unbranched alkanes of at least 4 members (excludes halogenated alkanes) is 11. The first-order chi connectivity index (χ1) is 34.0. The number of nitrogens with one attached hydrogen (secondary N) is 1. The van der Waals surface area contributed by atoms with Crippen LogP contribution in [0.1, 0.15) is 208 Å². The van der Waals surface area contributed by atoms with E-state index < -0.39 is 0 Å². The lowest BCUT2D eigenvalue weighted by atomic mass is 10.0. The van der Waals surface area contributed by atoms with Crippen molar-refractivity contribution < 1.29 is 48.0 Å². The fourth-order valence-electron chi connectivity index (χ4n) is 7.93. The van der Waals surface area contributed by atoms with E-state index in [2.05, 4.69) is 63.9 Å². The van der Waals surface area contributed by atoms with Gasteiger partial charge in [0.25, 0.3) is 6.47 Å². The topological polar surface area (TPSA) is 150 Å². The van der Waals surface area contributed by atoms with Crippen LogP contribution in [-0.4, -0.2) is 124 Å². The number of likely N-dealkylation sites (tertiary alicyclic amines) is 1. The van der Waals surface area contributed by atoms with Crippen molar-refractivity contribution in [3.8, 4) is 0 Å². The SMILES string of the molecule is CC(C)=CCCC(C)CCOC(=O)CCCCCCCCCOCC(CNCCSSCCOC(=O)CCN1CCCCCC1)OCCCCCCCCC(=O)OCCC(C)CCC=C(C)C.O=CO. The fraction of sp³-hybridized carbons (Fsp3) is 0.857. The minimum Gasteiger partial charge on any atom is -0.483 e. The molecular formula is C56H104N2O10S2. The molecule has 0 amide bonds. The first kappa shape index (κ1) is 67.9. The predicted octanol–water partition coefficient (Wildman–Crippen LogP) is 13.4. The number of carbonyl (C=O) groups is 4. The van der Waals surface area contributed by atoms with Gasteiger partial charge in [-0.15, -0.1) is 0 Å². The van der Waals surface area contributed by atoms with Crippen LogP contribution in [-0.2, 0) is 42.9 Å². The number of nitrogens with zero attached hydrogens (tertiary/aromatic N) is 1. The summed E-state index contributed by atoms with van der Waals surface area (Å²) in [5.41, 5.74) is 2.73. The molecule has 1 heterocycles. The molecule has 0 bridgehead atoms. The molecule has 1 saturated heterocycles. The number of hydrogen-bond acceptors (Lipinski definition) is 13. The highest BCUT2D eigenvalue weighted by atomic mass is 33.1. The third kappa shape index (κ3) is 50.8. The van der Waals surface area contributed by atoms with Crippen LogP contribution in [0.2, 0.25) is 0 Å². The lowest BCUT2D eigenvalue weighted by molar-refractivity contribution is -0.145. The van der Waals surface area contributed by atoms with Crippen molar-refractivity contribution in [2.75, 3.05) is 83.9 Å². The molecule has 0 aromatic rings. The highest BCUT2D eigenvalue weighted by molar-refractivity contribution is 8.76. The van der Waals surface area contributed by atoms with Gasteiger partial charge in [0.1, 0.15) is 6.61 Å². The van der Waals surface area contributed by atoms with Gasteiger partial charge in [0.05, 0.1) is 32.3 Å². The van der Waals surface area contributed by atoms with Gasteiger partial charge in [0.2, 0.25) is 0 Å². The molecule has 0 aromatic carbocycles. The number of carboxylic acid groups (broad SMARTS) is 1. The Bertz CT molecular complexity index is 1290. The number of ether oxygens (including phenoxy) is 5. The Balaban J connectivity index is 0.0000154. The van der Waals surface area contributed by atoms with E-state index in [0.717, 1.165) is 167 Å². The van der Waals surface area contributed by atoms with Crippen molar-refractivity contribution in [1.29, 1.82) is 0 Å². The van der Waals surface area contributed by atoms with Crippen LogP contribution in [0.4, 0.5) is 0 Å². The molecule has 3 atom stereocenters. The van der Waals surface area contributed by atoms with Crippen molar-refractivity contribution in [1.82, 2.24) is 10.2 Å². The van der Waals surface area contributed by atoms with Crippen molar-refractivity contribution in [2.24, 2.45) is 11.8 Å². The summed E-state index contributed by atoms with van der Waals surface area (Å²) >= 11 is 0. The lowest BCUT2D eigenvalue weighted by Crippen LogP contribution is -2.34. The van der Waals surface area contributed by atoms with Crippen LogP contribution < -0.4 is 5.32 Å². The quantitative estimate of drug-likeness (QED) is 0.0149. The van der Waals surface area contributed by atoms with Gasteiger partial charge in [-0.25, -0.2) is 0 Å². The zero-order chi connectivity index (χ0) is 51.6. The molecular weight excluding hydrogens is 925 g/mol. The second-order valence-corrected chi connectivity index (χ2v) is 22.5. The summed E-state index contributed by atoms with van der Waals surface area (Å²) in [6.07, 6.45) is 31.7. The van der Waals surface area contributed by atoms with Crippen LogP contribution in [0.5, 0.6) is 0 Å². The van der Waals surface area contributed by atoms with E-state index in [-0.39, 0.29) is 30.5 Å². The molecule has 1 rings (SSSR count). The normalized spacial score (nSPS) is 14.0. The Morgan fingerprint density at radius 2 is 1.04 bits per heavy atom. The molecule has 0 spiro atoms. The number of hydrogen-bond donors (Lipinski definition) is 2. The molecule has 1 aliphatic heterocycles. The van der Waals surface area contributed by atoms with E-state index in [1.165, 1.54) is 49.7 Å². The van der Waals surface area contributed by atoms with Gasteiger partial charge in [-0.05, 0) is 130 Å². The summed E-state index contributed by atoms with van der Waals surface area (Å²) < 4.78 is 28.9. The van der Waals surface area contributed by atoms with E-state index in [4.69, 9.17) is 33.6 Å². The third-order valence-electron chi connectivity index (χ3n) is 12.4. The number of rotatable bonds is 46. The van der Waals surface area contributed by atoms with Crippen LogP contribution in [0, 0.1) is 11.8 Å². The van der Waals surface area contributed by atoms with Gasteiger partial charge in [0.15, 0.2) is 0 Å². The summed E-state index contributed by atoms with van der Waals surface area (Å²) in [5, 5.41) is 10.5. The van der Waals surface area contributed by atoms with Crippen LogP contribution in [0.25, 0.3) is 0 Å². The van der Waals surface area contributed by atoms with E-state index in [1.807, 2.05) is 10.8 Å². The Hall–Kier alpha value is -2.10. The van der Waals surface area contributed by atoms with Gasteiger partial charge < -0.3 is 39.0 Å². The first-order valence-corrected chi connectivity index (χ1v) is 30.1.